The van der Waals surface area contributed by atoms with E-state index in [9.17, 15) is 4.79 Å². The Morgan fingerprint density at radius 3 is 2.58 bits per heavy atom. The van der Waals surface area contributed by atoms with Crippen LogP contribution < -0.4 is 5.32 Å². The van der Waals surface area contributed by atoms with E-state index in [1.165, 1.54) is 23.5 Å². The molecule has 24 heavy (non-hydrogen) atoms. The van der Waals surface area contributed by atoms with E-state index in [1.807, 2.05) is 4.90 Å². The summed E-state index contributed by atoms with van der Waals surface area (Å²) in [6.45, 7) is 8.16. The minimum Gasteiger partial charge on any atom is -0.339 e. The predicted octanol–water partition coefficient (Wildman–Crippen LogP) is 2.19. The number of amides is 1. The average Bonchev–Trinajstić information content (AvgIpc) is 3.25. The molecular formula is C16H28Cl2N4OS. The van der Waals surface area contributed by atoms with Crippen molar-refractivity contribution in [1.29, 1.82) is 0 Å². The van der Waals surface area contributed by atoms with E-state index in [4.69, 9.17) is 0 Å². The largest absolute Gasteiger partial charge is 0.339 e. The summed E-state index contributed by atoms with van der Waals surface area (Å²) in [4.78, 5) is 21.2. The Bertz CT molecular complexity index is 502. The molecule has 1 N–H and O–H groups in total. The number of nitrogens with zero attached hydrogens (tertiary/aromatic N) is 3. The molecule has 1 saturated carbocycles. The fraction of sp³-hybridized carbons (Fsp3) is 0.750. The van der Waals surface area contributed by atoms with Crippen molar-refractivity contribution in [3.05, 3.63) is 16.1 Å². The molecule has 2 heterocycles. The van der Waals surface area contributed by atoms with Crippen molar-refractivity contribution in [3.8, 4) is 0 Å². The molecule has 0 bridgehead atoms. The molecule has 138 valence electrons. The lowest BCUT2D eigenvalue weighted by Crippen LogP contribution is -2.50. The molecule has 8 heteroatoms. The van der Waals surface area contributed by atoms with Gasteiger partial charge in [-0.05, 0) is 31.7 Å². The summed E-state index contributed by atoms with van der Waals surface area (Å²) in [6, 6.07) is 0. The number of thiazole rings is 1. The highest BCUT2D eigenvalue weighted by atomic mass is 35.5. The first kappa shape index (κ1) is 21.6. The van der Waals surface area contributed by atoms with E-state index in [1.54, 1.807) is 11.3 Å². The third-order valence-electron chi connectivity index (χ3n) is 4.42. The third kappa shape index (κ3) is 6.48. The predicted molar refractivity (Wildman–Crippen MR) is 103 cm³/mol. The van der Waals surface area contributed by atoms with E-state index < -0.39 is 0 Å². The Kier molecular flexibility index (Phi) is 9.52. The van der Waals surface area contributed by atoms with Gasteiger partial charge in [0.05, 0.1) is 17.2 Å². The van der Waals surface area contributed by atoms with E-state index in [2.05, 4.69) is 27.5 Å². The number of rotatable bonds is 7. The molecule has 1 aliphatic heterocycles. The molecule has 1 aliphatic carbocycles. The van der Waals surface area contributed by atoms with Gasteiger partial charge in [0.1, 0.15) is 0 Å². The summed E-state index contributed by atoms with van der Waals surface area (Å²) < 4.78 is 0. The first-order chi connectivity index (χ1) is 10.7. The second-order valence-electron chi connectivity index (χ2n) is 6.32. The summed E-state index contributed by atoms with van der Waals surface area (Å²) in [5.74, 6) is 1.08. The van der Waals surface area contributed by atoms with Crippen LogP contribution in [-0.4, -0.2) is 60.0 Å². The minimum atomic E-state index is 0. The first-order valence-corrected chi connectivity index (χ1v) is 9.26. The molecule has 1 saturated heterocycles. The molecule has 1 aromatic rings. The van der Waals surface area contributed by atoms with E-state index in [0.717, 1.165) is 51.6 Å². The lowest BCUT2D eigenvalue weighted by molar-refractivity contribution is -0.132. The highest BCUT2D eigenvalue weighted by molar-refractivity contribution is 7.09. The van der Waals surface area contributed by atoms with Crippen LogP contribution in [0.25, 0.3) is 0 Å². The van der Waals surface area contributed by atoms with Crippen molar-refractivity contribution in [2.45, 2.75) is 32.7 Å². The zero-order chi connectivity index (χ0) is 15.4. The summed E-state index contributed by atoms with van der Waals surface area (Å²) in [5, 5.41) is 6.67. The molecule has 0 aromatic carbocycles. The van der Waals surface area contributed by atoms with Gasteiger partial charge in [-0.2, -0.15) is 0 Å². The molecule has 0 unspecified atom stereocenters. The highest BCUT2D eigenvalue weighted by Gasteiger charge is 2.23. The van der Waals surface area contributed by atoms with Crippen LogP contribution in [0, 0.1) is 5.92 Å². The van der Waals surface area contributed by atoms with Crippen LogP contribution >= 0.6 is 36.2 Å². The number of piperazine rings is 1. The van der Waals surface area contributed by atoms with Crippen LogP contribution in [-0.2, 0) is 17.8 Å². The molecular weight excluding hydrogens is 367 g/mol. The van der Waals surface area contributed by atoms with Gasteiger partial charge in [-0.25, -0.2) is 4.98 Å². The Labute approximate surface area is 161 Å². The van der Waals surface area contributed by atoms with Crippen molar-refractivity contribution in [2.75, 3.05) is 39.3 Å². The molecule has 5 nitrogen and oxygen atoms in total. The topological polar surface area (TPSA) is 48.5 Å². The van der Waals surface area contributed by atoms with Crippen molar-refractivity contribution >= 4 is 42.1 Å². The Morgan fingerprint density at radius 1 is 1.29 bits per heavy atom. The third-order valence-corrected chi connectivity index (χ3v) is 5.46. The van der Waals surface area contributed by atoms with Gasteiger partial charge in [0.25, 0.3) is 0 Å². The normalized spacial score (nSPS) is 18.0. The highest BCUT2D eigenvalue weighted by Crippen LogP contribution is 2.27. The number of halogens is 2. The Hall–Kier alpha value is -0.400. The number of hydrogen-bond donors (Lipinski definition) is 1. The van der Waals surface area contributed by atoms with Crippen LogP contribution in [0.3, 0.4) is 0 Å². The number of carbonyl (C=O) groups excluding carboxylic acids is 1. The summed E-state index contributed by atoms with van der Waals surface area (Å²) >= 11 is 1.75. The SMILES string of the molecule is CCc1nc(CN2CCN(C(=O)CNCC3CC3)CC2)cs1.Cl.Cl. The summed E-state index contributed by atoms with van der Waals surface area (Å²) in [5.41, 5.74) is 1.17. The monoisotopic (exact) mass is 394 g/mol. The lowest BCUT2D eigenvalue weighted by atomic mass is 10.3. The first-order valence-electron chi connectivity index (χ1n) is 8.38. The Balaban J connectivity index is 0.00000144. The molecule has 2 aliphatic rings. The molecule has 0 atom stereocenters. The van der Waals surface area contributed by atoms with Crippen LogP contribution in [0.5, 0.6) is 0 Å². The number of hydrogen-bond acceptors (Lipinski definition) is 5. The molecule has 2 fully saturated rings. The smallest absolute Gasteiger partial charge is 0.236 e. The van der Waals surface area contributed by atoms with Crippen LogP contribution in [0.4, 0.5) is 0 Å². The van der Waals surface area contributed by atoms with Gasteiger partial charge in [0, 0.05) is 38.1 Å². The molecule has 3 rings (SSSR count). The number of carbonyl (C=O) groups is 1. The number of aromatic nitrogens is 1. The van der Waals surface area contributed by atoms with E-state index in [0.29, 0.717) is 6.54 Å². The van der Waals surface area contributed by atoms with Gasteiger partial charge in [0.2, 0.25) is 5.91 Å². The molecule has 1 amide bonds. The fourth-order valence-electron chi connectivity index (χ4n) is 2.79. The van der Waals surface area contributed by atoms with Crippen LogP contribution in [0.2, 0.25) is 0 Å². The minimum absolute atomic E-state index is 0. The standard InChI is InChI=1S/C16H26N4OS.2ClH/c1-2-15-18-14(12-22-15)11-19-5-7-20(8-6-19)16(21)10-17-9-13-3-4-13;;/h12-13,17H,2-11H2,1H3;2*1H. The fourth-order valence-corrected chi connectivity index (χ4v) is 3.52. The van der Waals surface area contributed by atoms with E-state index >= 15 is 0 Å². The zero-order valence-electron chi connectivity index (χ0n) is 14.2. The lowest BCUT2D eigenvalue weighted by Gasteiger charge is -2.34. The summed E-state index contributed by atoms with van der Waals surface area (Å²) in [6.07, 6.45) is 3.67. The second kappa shape index (κ2) is 10.6. The molecule has 1 aromatic heterocycles. The maximum atomic E-state index is 12.1. The van der Waals surface area contributed by atoms with Crippen molar-refractivity contribution in [3.63, 3.8) is 0 Å². The van der Waals surface area contributed by atoms with Gasteiger partial charge in [-0.3, -0.25) is 9.69 Å². The van der Waals surface area contributed by atoms with Gasteiger partial charge < -0.3 is 10.2 Å². The van der Waals surface area contributed by atoms with Crippen LogP contribution in [0.1, 0.15) is 30.5 Å². The number of nitrogens with one attached hydrogen (secondary N) is 1. The van der Waals surface area contributed by atoms with Crippen molar-refractivity contribution in [1.82, 2.24) is 20.1 Å². The van der Waals surface area contributed by atoms with Gasteiger partial charge in [0.15, 0.2) is 0 Å². The molecule has 0 spiro atoms. The maximum Gasteiger partial charge on any atom is 0.236 e. The van der Waals surface area contributed by atoms with Gasteiger partial charge >= 0.3 is 0 Å². The zero-order valence-corrected chi connectivity index (χ0v) is 16.6. The van der Waals surface area contributed by atoms with Crippen LogP contribution in [0.15, 0.2) is 5.38 Å². The second-order valence-corrected chi connectivity index (χ2v) is 7.26. The average molecular weight is 395 g/mol. The number of aryl methyl sites for hydroxylation is 1. The quantitative estimate of drug-likeness (QED) is 0.769. The maximum absolute atomic E-state index is 12.1. The van der Waals surface area contributed by atoms with Crippen molar-refractivity contribution in [2.24, 2.45) is 5.92 Å². The van der Waals surface area contributed by atoms with Crippen molar-refractivity contribution < 1.29 is 4.79 Å². The Morgan fingerprint density at radius 2 is 2.00 bits per heavy atom. The van der Waals surface area contributed by atoms with Gasteiger partial charge in [-0.15, -0.1) is 36.2 Å². The summed E-state index contributed by atoms with van der Waals surface area (Å²) in [7, 11) is 0. The molecule has 0 radical (unpaired) electrons. The van der Waals surface area contributed by atoms with E-state index in [-0.39, 0.29) is 30.7 Å². The van der Waals surface area contributed by atoms with Gasteiger partial charge in [-0.1, -0.05) is 6.92 Å².